The van der Waals surface area contributed by atoms with Crippen molar-refractivity contribution < 1.29 is 4.79 Å². The zero-order valence-electron chi connectivity index (χ0n) is 15.8. The predicted octanol–water partition coefficient (Wildman–Crippen LogP) is 2.08. The molecule has 0 spiro atoms. The minimum absolute atomic E-state index is 0. The molecule has 2 aromatic rings. The Kier molecular flexibility index (Phi) is 7.86. The number of carbonyl (C=O) groups is 1. The zero-order valence-corrected chi connectivity index (χ0v) is 17.3. The first-order chi connectivity index (χ1) is 13.0. The van der Waals surface area contributed by atoms with E-state index in [2.05, 4.69) is 5.10 Å². The van der Waals surface area contributed by atoms with Crippen LogP contribution in [0.1, 0.15) is 19.8 Å². The molecule has 1 saturated heterocycles. The second kappa shape index (κ2) is 9.91. The Morgan fingerprint density at radius 2 is 1.86 bits per heavy atom. The highest BCUT2D eigenvalue weighted by Crippen LogP contribution is 2.23. The Balaban J connectivity index is 0.00000280. The third-order valence-corrected chi connectivity index (χ3v) is 5.11. The monoisotopic (exact) mass is 425 g/mol. The van der Waals surface area contributed by atoms with Gasteiger partial charge in [0.15, 0.2) is 0 Å². The fourth-order valence-corrected chi connectivity index (χ4v) is 3.48. The number of amides is 1. The van der Waals surface area contributed by atoms with Gasteiger partial charge in [0.2, 0.25) is 5.91 Å². The Morgan fingerprint density at radius 1 is 1.21 bits per heavy atom. The summed E-state index contributed by atoms with van der Waals surface area (Å²) in [6.45, 7) is 4.28. The van der Waals surface area contributed by atoms with Crippen LogP contribution in [-0.2, 0) is 4.79 Å². The second-order valence-corrected chi connectivity index (χ2v) is 6.98. The lowest BCUT2D eigenvalue weighted by molar-refractivity contribution is -0.133. The quantitative estimate of drug-likeness (QED) is 0.792. The number of carbonyl (C=O) groups excluding carboxylic acids is 1. The van der Waals surface area contributed by atoms with Crippen molar-refractivity contribution in [3.63, 3.8) is 0 Å². The van der Waals surface area contributed by atoms with Crippen LogP contribution in [-0.4, -0.2) is 52.8 Å². The molecule has 2 N–H and O–H groups in total. The fraction of sp³-hybridized carbons (Fsp3) is 0.421. The van der Waals surface area contributed by atoms with Gasteiger partial charge in [0.05, 0.1) is 23.6 Å². The molecule has 1 amide bonds. The van der Waals surface area contributed by atoms with Crippen LogP contribution in [0.3, 0.4) is 0 Å². The van der Waals surface area contributed by atoms with Gasteiger partial charge in [-0.05, 0) is 18.6 Å². The third-order valence-electron chi connectivity index (χ3n) is 4.75. The summed E-state index contributed by atoms with van der Waals surface area (Å²) in [7, 11) is 0. The molecule has 0 aliphatic carbocycles. The topological polar surface area (TPSA) is 84.5 Å². The normalized spacial score (nSPS) is 15.1. The molecule has 0 radical (unpaired) electrons. The Morgan fingerprint density at radius 3 is 2.46 bits per heavy atom. The SMILES string of the molecule is CCCC(N)C(=O)N1CCN(c2cnn(-c3ccccc3)c(=O)c2Cl)CC1.Cl. The lowest BCUT2D eigenvalue weighted by atomic mass is 10.1. The summed E-state index contributed by atoms with van der Waals surface area (Å²) >= 11 is 6.36. The van der Waals surface area contributed by atoms with Crippen LogP contribution in [0.15, 0.2) is 41.3 Å². The first-order valence-electron chi connectivity index (χ1n) is 9.15. The van der Waals surface area contributed by atoms with Gasteiger partial charge in [-0.1, -0.05) is 43.1 Å². The van der Waals surface area contributed by atoms with Crippen LogP contribution in [0.2, 0.25) is 5.02 Å². The van der Waals surface area contributed by atoms with Gasteiger partial charge in [-0.2, -0.15) is 9.78 Å². The molecule has 1 aliphatic rings. The molecule has 1 atom stereocenters. The molecule has 1 aromatic carbocycles. The highest BCUT2D eigenvalue weighted by atomic mass is 35.5. The standard InChI is InChI=1S/C19H24ClN5O2.ClH/c1-2-6-15(21)18(26)24-11-9-23(10-12-24)16-13-22-25(19(27)17(16)20)14-7-4-3-5-8-14;/h3-5,7-8,13,15H,2,6,9-12,21H2,1H3;1H. The van der Waals surface area contributed by atoms with Crippen molar-refractivity contribution in [2.24, 2.45) is 5.73 Å². The molecule has 0 saturated carbocycles. The van der Waals surface area contributed by atoms with E-state index in [0.717, 1.165) is 6.42 Å². The summed E-state index contributed by atoms with van der Waals surface area (Å²) in [5, 5.41) is 4.40. The maximum atomic E-state index is 12.6. The van der Waals surface area contributed by atoms with Crippen molar-refractivity contribution in [2.45, 2.75) is 25.8 Å². The minimum atomic E-state index is -0.443. The summed E-state index contributed by atoms with van der Waals surface area (Å²) in [4.78, 5) is 28.7. The number of anilines is 1. The van der Waals surface area contributed by atoms with Crippen LogP contribution in [0.5, 0.6) is 0 Å². The van der Waals surface area contributed by atoms with Gasteiger partial charge in [0.1, 0.15) is 5.02 Å². The summed E-state index contributed by atoms with van der Waals surface area (Å²) < 4.78 is 1.29. The first kappa shape index (κ1) is 22.2. The van der Waals surface area contributed by atoms with Gasteiger partial charge < -0.3 is 15.5 Å². The first-order valence-corrected chi connectivity index (χ1v) is 9.53. The van der Waals surface area contributed by atoms with E-state index in [-0.39, 0.29) is 28.9 Å². The number of benzene rings is 1. The highest BCUT2D eigenvalue weighted by Gasteiger charge is 2.26. The van der Waals surface area contributed by atoms with Crippen LogP contribution in [0, 0.1) is 0 Å². The maximum Gasteiger partial charge on any atom is 0.292 e. The summed E-state index contributed by atoms with van der Waals surface area (Å²) in [5.41, 5.74) is 6.84. The smallest absolute Gasteiger partial charge is 0.292 e. The molecule has 1 aliphatic heterocycles. The van der Waals surface area contributed by atoms with E-state index < -0.39 is 6.04 Å². The molecule has 0 bridgehead atoms. The summed E-state index contributed by atoms with van der Waals surface area (Å²) in [6, 6.07) is 8.71. The van der Waals surface area contributed by atoms with E-state index in [0.29, 0.717) is 44.0 Å². The van der Waals surface area contributed by atoms with Crippen LogP contribution in [0.4, 0.5) is 5.69 Å². The lowest BCUT2D eigenvalue weighted by Crippen LogP contribution is -2.53. The van der Waals surface area contributed by atoms with E-state index in [1.807, 2.05) is 30.0 Å². The Labute approximate surface area is 175 Å². The second-order valence-electron chi connectivity index (χ2n) is 6.60. The number of hydrogen-bond acceptors (Lipinski definition) is 5. The van der Waals surface area contributed by atoms with Crippen molar-refractivity contribution in [3.8, 4) is 5.69 Å². The number of rotatable bonds is 5. The lowest BCUT2D eigenvalue weighted by Gasteiger charge is -2.37. The molecule has 7 nitrogen and oxygen atoms in total. The number of hydrogen-bond donors (Lipinski definition) is 1. The minimum Gasteiger partial charge on any atom is -0.365 e. The van der Waals surface area contributed by atoms with Crippen molar-refractivity contribution in [3.05, 3.63) is 51.9 Å². The number of nitrogens with zero attached hydrogens (tertiary/aromatic N) is 4. The number of aromatic nitrogens is 2. The molecule has 3 rings (SSSR count). The molecule has 28 heavy (non-hydrogen) atoms. The Hall–Kier alpha value is -2.09. The van der Waals surface area contributed by atoms with Gasteiger partial charge >= 0.3 is 0 Å². The number of nitrogens with two attached hydrogens (primary N) is 1. The van der Waals surface area contributed by atoms with Crippen LogP contribution >= 0.6 is 24.0 Å². The maximum absolute atomic E-state index is 12.6. The zero-order chi connectivity index (χ0) is 19.4. The van der Waals surface area contributed by atoms with Gasteiger partial charge in [-0.25, -0.2) is 0 Å². The van der Waals surface area contributed by atoms with E-state index in [9.17, 15) is 9.59 Å². The summed E-state index contributed by atoms with van der Waals surface area (Å²) in [5.74, 6) is -0.0137. The Bertz CT molecular complexity index is 851. The third kappa shape index (κ3) is 4.66. The molecule has 9 heteroatoms. The van der Waals surface area contributed by atoms with Crippen molar-refractivity contribution in [1.82, 2.24) is 14.7 Å². The van der Waals surface area contributed by atoms with E-state index >= 15 is 0 Å². The van der Waals surface area contributed by atoms with Gasteiger partial charge in [0.25, 0.3) is 5.56 Å². The fourth-order valence-electron chi connectivity index (χ4n) is 3.23. The molecular formula is C19H25Cl2N5O2. The molecule has 1 unspecified atom stereocenters. The van der Waals surface area contributed by atoms with E-state index in [1.165, 1.54) is 4.68 Å². The average Bonchev–Trinajstić information content (AvgIpc) is 2.70. The number of halogens is 2. The molecule has 1 fully saturated rings. The van der Waals surface area contributed by atoms with Gasteiger partial charge in [0, 0.05) is 26.2 Å². The molecule has 1 aromatic heterocycles. The van der Waals surface area contributed by atoms with Crippen molar-refractivity contribution >= 4 is 35.6 Å². The predicted molar refractivity (Wildman–Crippen MR) is 114 cm³/mol. The number of piperazine rings is 1. The molecule has 152 valence electrons. The summed E-state index contributed by atoms with van der Waals surface area (Å²) in [6.07, 6.45) is 3.18. The van der Waals surface area contributed by atoms with Gasteiger partial charge in [-0.3, -0.25) is 9.59 Å². The van der Waals surface area contributed by atoms with E-state index in [1.54, 1.807) is 23.2 Å². The number of para-hydroxylation sites is 1. The van der Waals surface area contributed by atoms with Crippen LogP contribution in [0.25, 0.3) is 5.69 Å². The highest BCUT2D eigenvalue weighted by molar-refractivity contribution is 6.33. The average molecular weight is 426 g/mol. The van der Waals surface area contributed by atoms with E-state index in [4.69, 9.17) is 17.3 Å². The molecule has 2 heterocycles. The van der Waals surface area contributed by atoms with Crippen LogP contribution < -0.4 is 16.2 Å². The van der Waals surface area contributed by atoms with Crippen molar-refractivity contribution in [1.29, 1.82) is 0 Å². The molecular weight excluding hydrogens is 401 g/mol. The van der Waals surface area contributed by atoms with Crippen molar-refractivity contribution in [2.75, 3.05) is 31.1 Å². The largest absolute Gasteiger partial charge is 0.365 e. The van der Waals surface area contributed by atoms with Gasteiger partial charge in [-0.15, -0.1) is 12.4 Å².